The molecule has 1 aromatic rings. The first-order chi connectivity index (χ1) is 10.0. The molecule has 1 aromatic heterocycles. The van der Waals surface area contributed by atoms with Gasteiger partial charge in [0, 0.05) is 23.3 Å². The van der Waals surface area contributed by atoms with Crippen molar-refractivity contribution >= 4 is 21.8 Å². The number of aromatic nitrogens is 1. The fourth-order valence-electron chi connectivity index (χ4n) is 2.46. The Hall–Kier alpha value is -0.810. The lowest BCUT2D eigenvalue weighted by Gasteiger charge is -2.20. The van der Waals surface area contributed by atoms with E-state index in [2.05, 4.69) is 46.9 Å². The Labute approximate surface area is 137 Å². The Balaban J connectivity index is 2.43. The number of carbonyl (C=O) groups is 1. The molecule has 0 spiro atoms. The van der Waals surface area contributed by atoms with E-state index in [0.29, 0.717) is 0 Å². The van der Waals surface area contributed by atoms with Crippen LogP contribution in [0.1, 0.15) is 51.0 Å². The molecule has 1 unspecified atom stereocenters. The summed E-state index contributed by atoms with van der Waals surface area (Å²) in [5.41, 5.74) is 0.722. The maximum atomic E-state index is 12.3. The van der Waals surface area contributed by atoms with E-state index in [1.807, 2.05) is 23.8 Å². The van der Waals surface area contributed by atoms with Crippen LogP contribution in [0.2, 0.25) is 0 Å². The van der Waals surface area contributed by atoms with Crippen LogP contribution >= 0.6 is 15.9 Å². The molecule has 0 aromatic carbocycles. The summed E-state index contributed by atoms with van der Waals surface area (Å²) in [7, 11) is 0. The molecular weight excluding hydrogens is 330 g/mol. The van der Waals surface area contributed by atoms with Crippen molar-refractivity contribution < 1.29 is 4.79 Å². The van der Waals surface area contributed by atoms with Crippen LogP contribution in [0.25, 0.3) is 0 Å². The van der Waals surface area contributed by atoms with E-state index in [1.54, 1.807) is 0 Å². The minimum absolute atomic E-state index is 0.0119. The largest absolute Gasteiger partial charge is 0.348 e. The average molecular weight is 358 g/mol. The zero-order chi connectivity index (χ0) is 15.8. The molecule has 0 aliphatic carbocycles. The Kier molecular flexibility index (Phi) is 8.04. The Morgan fingerprint density at radius 1 is 1.38 bits per heavy atom. The van der Waals surface area contributed by atoms with Crippen molar-refractivity contribution in [2.45, 2.75) is 53.1 Å². The molecule has 1 amide bonds. The summed E-state index contributed by atoms with van der Waals surface area (Å²) >= 11 is 3.43. The normalized spacial score (nSPS) is 12.7. The molecule has 0 aliphatic heterocycles. The summed E-state index contributed by atoms with van der Waals surface area (Å²) < 4.78 is 2.91. The number of halogens is 1. The lowest BCUT2D eigenvalue weighted by molar-refractivity contribution is 0.0928. The van der Waals surface area contributed by atoms with Gasteiger partial charge in [0.15, 0.2) is 0 Å². The molecule has 0 radical (unpaired) electrons. The number of aryl methyl sites for hydroxylation is 1. The first kappa shape index (κ1) is 18.2. The molecular formula is C16H28BrN3O. The second-order valence-electron chi connectivity index (χ2n) is 5.37. The smallest absolute Gasteiger partial charge is 0.268 e. The van der Waals surface area contributed by atoms with Crippen molar-refractivity contribution in [3.8, 4) is 0 Å². The minimum atomic E-state index is 0.0119. The molecule has 4 nitrogen and oxygen atoms in total. The van der Waals surface area contributed by atoms with E-state index in [-0.39, 0.29) is 11.9 Å². The maximum Gasteiger partial charge on any atom is 0.268 e. The van der Waals surface area contributed by atoms with Crippen LogP contribution in [0, 0.1) is 0 Å². The summed E-state index contributed by atoms with van der Waals surface area (Å²) in [6.07, 6.45) is 4.07. The highest BCUT2D eigenvalue weighted by molar-refractivity contribution is 9.10. The third-order valence-electron chi connectivity index (χ3n) is 3.82. The van der Waals surface area contributed by atoms with E-state index < -0.39 is 0 Å². The molecule has 120 valence electrons. The number of nitrogens with zero attached hydrogens (tertiary/aromatic N) is 2. The molecule has 5 heteroatoms. The number of hydrogen-bond donors (Lipinski definition) is 1. The van der Waals surface area contributed by atoms with Crippen LogP contribution in [0.4, 0.5) is 0 Å². The molecule has 1 N–H and O–H groups in total. The molecule has 0 bridgehead atoms. The summed E-state index contributed by atoms with van der Waals surface area (Å²) in [5, 5.41) is 3.09. The standard InChI is InChI=1S/C16H28BrN3O/c1-5-19(6-2)10-8-9-13(4)18-16(21)15-11-14(17)12-20(15)7-3/h11-13H,5-10H2,1-4H3,(H,18,21). The van der Waals surface area contributed by atoms with Gasteiger partial charge < -0.3 is 14.8 Å². The second-order valence-corrected chi connectivity index (χ2v) is 6.29. The zero-order valence-electron chi connectivity index (χ0n) is 13.7. The van der Waals surface area contributed by atoms with Gasteiger partial charge in [-0.3, -0.25) is 4.79 Å². The number of carbonyl (C=O) groups excluding carboxylic acids is 1. The number of rotatable bonds is 9. The summed E-state index contributed by atoms with van der Waals surface area (Å²) in [6, 6.07) is 2.08. The molecule has 0 fully saturated rings. The number of nitrogens with one attached hydrogen (secondary N) is 1. The van der Waals surface area contributed by atoms with Crippen LogP contribution in [-0.2, 0) is 6.54 Å². The molecule has 1 heterocycles. The molecule has 0 aliphatic rings. The highest BCUT2D eigenvalue weighted by Crippen LogP contribution is 2.15. The van der Waals surface area contributed by atoms with Crippen molar-refractivity contribution in [1.29, 1.82) is 0 Å². The fourth-order valence-corrected chi connectivity index (χ4v) is 2.92. The van der Waals surface area contributed by atoms with Gasteiger partial charge in [-0.05, 0) is 68.3 Å². The van der Waals surface area contributed by atoms with Gasteiger partial charge in [-0.25, -0.2) is 0 Å². The Morgan fingerprint density at radius 2 is 2.05 bits per heavy atom. The Morgan fingerprint density at radius 3 is 2.62 bits per heavy atom. The second kappa shape index (κ2) is 9.26. The van der Waals surface area contributed by atoms with Gasteiger partial charge in [-0.15, -0.1) is 0 Å². The van der Waals surface area contributed by atoms with Crippen molar-refractivity contribution in [2.24, 2.45) is 0 Å². The third-order valence-corrected chi connectivity index (χ3v) is 4.25. The average Bonchev–Trinajstić information content (AvgIpc) is 2.85. The maximum absolute atomic E-state index is 12.3. The third kappa shape index (κ3) is 5.83. The van der Waals surface area contributed by atoms with Crippen molar-refractivity contribution in [1.82, 2.24) is 14.8 Å². The number of amides is 1. The predicted molar refractivity (Wildman–Crippen MR) is 91.8 cm³/mol. The van der Waals surface area contributed by atoms with Crippen LogP contribution in [0.5, 0.6) is 0 Å². The quantitative estimate of drug-likeness (QED) is 0.734. The predicted octanol–water partition coefficient (Wildman–Crippen LogP) is 3.51. The van der Waals surface area contributed by atoms with Crippen LogP contribution in [0.15, 0.2) is 16.7 Å². The molecule has 21 heavy (non-hydrogen) atoms. The highest BCUT2D eigenvalue weighted by atomic mass is 79.9. The highest BCUT2D eigenvalue weighted by Gasteiger charge is 2.14. The minimum Gasteiger partial charge on any atom is -0.348 e. The van der Waals surface area contributed by atoms with Gasteiger partial charge >= 0.3 is 0 Å². The van der Waals surface area contributed by atoms with Crippen LogP contribution < -0.4 is 5.32 Å². The Bertz CT molecular complexity index is 441. The van der Waals surface area contributed by atoms with E-state index >= 15 is 0 Å². The summed E-state index contributed by atoms with van der Waals surface area (Å²) in [4.78, 5) is 14.7. The van der Waals surface area contributed by atoms with E-state index in [0.717, 1.165) is 49.2 Å². The van der Waals surface area contributed by atoms with E-state index in [4.69, 9.17) is 0 Å². The molecule has 0 saturated carbocycles. The fraction of sp³-hybridized carbons (Fsp3) is 0.688. The van der Waals surface area contributed by atoms with Crippen molar-refractivity contribution in [3.63, 3.8) is 0 Å². The lowest BCUT2D eigenvalue weighted by Crippen LogP contribution is -2.34. The van der Waals surface area contributed by atoms with Gasteiger partial charge in [-0.2, -0.15) is 0 Å². The monoisotopic (exact) mass is 357 g/mol. The van der Waals surface area contributed by atoms with Gasteiger partial charge in [0.05, 0.1) is 0 Å². The molecule has 1 atom stereocenters. The lowest BCUT2D eigenvalue weighted by atomic mass is 10.1. The van der Waals surface area contributed by atoms with E-state index in [9.17, 15) is 4.79 Å². The first-order valence-electron chi connectivity index (χ1n) is 7.90. The molecule has 0 saturated heterocycles. The topological polar surface area (TPSA) is 37.3 Å². The van der Waals surface area contributed by atoms with Gasteiger partial charge in [-0.1, -0.05) is 13.8 Å². The van der Waals surface area contributed by atoms with Crippen molar-refractivity contribution in [3.05, 3.63) is 22.4 Å². The number of hydrogen-bond acceptors (Lipinski definition) is 2. The van der Waals surface area contributed by atoms with Gasteiger partial charge in [0.25, 0.3) is 5.91 Å². The van der Waals surface area contributed by atoms with Gasteiger partial charge in [0.1, 0.15) is 5.69 Å². The van der Waals surface area contributed by atoms with Gasteiger partial charge in [0.2, 0.25) is 0 Å². The first-order valence-corrected chi connectivity index (χ1v) is 8.69. The van der Waals surface area contributed by atoms with Crippen molar-refractivity contribution in [2.75, 3.05) is 19.6 Å². The van der Waals surface area contributed by atoms with E-state index in [1.165, 1.54) is 0 Å². The van der Waals surface area contributed by atoms with Crippen LogP contribution in [0.3, 0.4) is 0 Å². The summed E-state index contributed by atoms with van der Waals surface area (Å²) in [6.45, 7) is 12.6. The van der Waals surface area contributed by atoms with Crippen LogP contribution in [-0.4, -0.2) is 41.1 Å². The zero-order valence-corrected chi connectivity index (χ0v) is 15.2. The SMILES string of the molecule is CCN(CC)CCCC(C)NC(=O)c1cc(Br)cn1CC. The summed E-state index contributed by atoms with van der Waals surface area (Å²) in [5.74, 6) is 0.0119. The molecule has 1 rings (SSSR count).